The van der Waals surface area contributed by atoms with Crippen LogP contribution in [0.25, 0.3) is 16.9 Å². The molecule has 4 aromatic rings. The van der Waals surface area contributed by atoms with Crippen LogP contribution in [-0.4, -0.2) is 42.7 Å². The number of benzene rings is 1. The Morgan fingerprint density at radius 2 is 1.78 bits per heavy atom. The van der Waals surface area contributed by atoms with E-state index in [0.717, 1.165) is 12.1 Å². The van der Waals surface area contributed by atoms with E-state index < -0.39 is 23.7 Å². The molecule has 3 heterocycles. The fraction of sp³-hybridized carbons (Fsp3) is 0.292. The molecule has 4 rings (SSSR count). The molecule has 0 saturated carbocycles. The van der Waals surface area contributed by atoms with Gasteiger partial charge in [-0.3, -0.25) is 14.3 Å². The largest absolute Gasteiger partial charge is 0.433 e. The molecule has 2 amide bonds. The summed E-state index contributed by atoms with van der Waals surface area (Å²) >= 11 is 5.89. The van der Waals surface area contributed by atoms with E-state index in [9.17, 15) is 22.8 Å². The Labute approximate surface area is 214 Å². The second-order valence-electron chi connectivity index (χ2n) is 8.64. The summed E-state index contributed by atoms with van der Waals surface area (Å²) < 4.78 is 43.7. The van der Waals surface area contributed by atoms with Crippen LogP contribution in [0.2, 0.25) is 5.02 Å². The number of aromatic nitrogens is 5. The Balaban J connectivity index is 1.70. The molecule has 0 aliphatic carbocycles. The van der Waals surface area contributed by atoms with Crippen molar-refractivity contribution in [2.24, 2.45) is 5.92 Å². The van der Waals surface area contributed by atoms with E-state index in [4.69, 9.17) is 11.6 Å². The maximum Gasteiger partial charge on any atom is 0.433 e. The van der Waals surface area contributed by atoms with E-state index in [1.807, 2.05) is 13.8 Å². The van der Waals surface area contributed by atoms with Crippen molar-refractivity contribution in [2.75, 3.05) is 11.9 Å². The Morgan fingerprint density at radius 3 is 2.41 bits per heavy atom. The fourth-order valence-electron chi connectivity index (χ4n) is 3.47. The minimum Gasteiger partial charge on any atom is -0.350 e. The van der Waals surface area contributed by atoms with Crippen molar-refractivity contribution in [3.63, 3.8) is 0 Å². The monoisotopic (exact) mass is 533 g/mol. The first-order valence-corrected chi connectivity index (χ1v) is 11.7. The van der Waals surface area contributed by atoms with Crippen LogP contribution in [-0.2, 0) is 12.7 Å². The third-order valence-corrected chi connectivity index (χ3v) is 5.56. The highest BCUT2D eigenvalue weighted by atomic mass is 35.5. The molecule has 37 heavy (non-hydrogen) atoms. The number of hydrogen-bond acceptors (Lipinski definition) is 5. The lowest BCUT2D eigenvalue weighted by molar-refractivity contribution is -0.142. The maximum absolute atomic E-state index is 13.9. The highest BCUT2D eigenvalue weighted by Crippen LogP contribution is 2.32. The van der Waals surface area contributed by atoms with Gasteiger partial charge in [-0.1, -0.05) is 37.6 Å². The molecule has 0 saturated heterocycles. The normalized spacial score (nSPS) is 11.8. The first-order chi connectivity index (χ1) is 17.5. The Bertz CT molecular complexity index is 1460. The lowest BCUT2D eigenvalue weighted by Crippen LogP contribution is -2.28. The number of halogens is 4. The summed E-state index contributed by atoms with van der Waals surface area (Å²) in [6, 6.07) is 8.17. The topological polar surface area (TPSA) is 106 Å². The van der Waals surface area contributed by atoms with Gasteiger partial charge in [0.25, 0.3) is 11.8 Å². The SMILES string of the molecule is CCn1cc(NC(=O)c2cc3nc(-c4ccc(Cl)cc4)cc(C(F)(F)F)n3n2)c(C(=O)NCC(C)C)n1. The highest BCUT2D eigenvalue weighted by Gasteiger charge is 2.36. The van der Waals surface area contributed by atoms with Crippen LogP contribution in [0.1, 0.15) is 47.4 Å². The zero-order valence-corrected chi connectivity index (χ0v) is 20.9. The van der Waals surface area contributed by atoms with Crippen LogP contribution < -0.4 is 10.6 Å². The van der Waals surface area contributed by atoms with Crippen molar-refractivity contribution < 1.29 is 22.8 Å². The molecule has 1 aromatic carbocycles. The minimum absolute atomic E-state index is 0.0151. The molecule has 9 nitrogen and oxygen atoms in total. The summed E-state index contributed by atoms with van der Waals surface area (Å²) in [6.45, 7) is 6.50. The molecule has 0 spiro atoms. The van der Waals surface area contributed by atoms with Crippen LogP contribution in [0, 0.1) is 5.92 Å². The number of nitrogens with zero attached hydrogens (tertiary/aromatic N) is 5. The number of amides is 2. The van der Waals surface area contributed by atoms with Crippen LogP contribution in [0.5, 0.6) is 0 Å². The maximum atomic E-state index is 13.9. The van der Waals surface area contributed by atoms with Gasteiger partial charge in [0.05, 0.1) is 11.4 Å². The van der Waals surface area contributed by atoms with Crippen molar-refractivity contribution in [2.45, 2.75) is 33.5 Å². The summed E-state index contributed by atoms with van der Waals surface area (Å²) in [4.78, 5) is 29.9. The predicted octanol–water partition coefficient (Wildman–Crippen LogP) is 4.92. The number of anilines is 1. The number of nitrogens with one attached hydrogen (secondary N) is 2. The molecule has 194 valence electrons. The van der Waals surface area contributed by atoms with Crippen molar-refractivity contribution in [1.82, 2.24) is 29.7 Å². The molecular weight excluding hydrogens is 511 g/mol. The first kappa shape index (κ1) is 26.1. The quantitative estimate of drug-likeness (QED) is 0.350. The molecule has 13 heteroatoms. The number of alkyl halides is 3. The van der Waals surface area contributed by atoms with E-state index >= 15 is 0 Å². The lowest BCUT2D eigenvalue weighted by atomic mass is 10.1. The smallest absolute Gasteiger partial charge is 0.350 e. The van der Waals surface area contributed by atoms with Gasteiger partial charge in [-0.25, -0.2) is 9.50 Å². The van der Waals surface area contributed by atoms with E-state index in [1.54, 1.807) is 19.1 Å². The van der Waals surface area contributed by atoms with Crippen molar-refractivity contribution in [3.05, 3.63) is 64.7 Å². The van der Waals surface area contributed by atoms with E-state index in [2.05, 4.69) is 25.8 Å². The van der Waals surface area contributed by atoms with Gasteiger partial charge in [0, 0.05) is 35.9 Å². The number of hydrogen-bond donors (Lipinski definition) is 2. The van der Waals surface area contributed by atoms with Crippen LogP contribution >= 0.6 is 11.6 Å². The van der Waals surface area contributed by atoms with E-state index in [-0.39, 0.29) is 34.3 Å². The molecule has 0 aliphatic rings. The number of carbonyl (C=O) groups excluding carboxylic acids is 2. The molecular formula is C24H23ClF3N7O2. The van der Waals surface area contributed by atoms with Crippen LogP contribution in [0.15, 0.2) is 42.6 Å². The zero-order valence-electron chi connectivity index (χ0n) is 20.1. The first-order valence-electron chi connectivity index (χ1n) is 11.4. The molecule has 0 atom stereocenters. The van der Waals surface area contributed by atoms with Crippen molar-refractivity contribution in [1.29, 1.82) is 0 Å². The Kier molecular flexibility index (Phi) is 7.21. The summed E-state index contributed by atoms with van der Waals surface area (Å²) in [5.41, 5.74) is -1.05. The molecule has 2 N–H and O–H groups in total. The molecule has 0 aliphatic heterocycles. The number of carbonyl (C=O) groups is 2. The van der Waals surface area contributed by atoms with Crippen molar-refractivity contribution >= 4 is 34.7 Å². The summed E-state index contributed by atoms with van der Waals surface area (Å²) in [6.07, 6.45) is -3.30. The summed E-state index contributed by atoms with van der Waals surface area (Å²) in [5, 5.41) is 13.7. The van der Waals surface area contributed by atoms with Gasteiger partial charge in [-0.2, -0.15) is 23.4 Å². The average molecular weight is 534 g/mol. The van der Waals surface area contributed by atoms with Gasteiger partial charge in [-0.15, -0.1) is 0 Å². The van der Waals surface area contributed by atoms with Crippen LogP contribution in [0.4, 0.5) is 18.9 Å². The average Bonchev–Trinajstić information content (AvgIpc) is 3.45. The fourth-order valence-corrected chi connectivity index (χ4v) is 3.59. The third kappa shape index (κ3) is 5.74. The standard InChI is InChI=1S/C24H23ClF3N7O2/c1-4-34-12-18(21(33-34)23(37)29-11-13(2)3)31-22(36)17-10-20-30-16(14-5-7-15(25)8-6-14)9-19(24(26,27)28)35(20)32-17/h5-10,12-13H,4,11H2,1-3H3,(H,29,37)(H,31,36). The van der Waals surface area contributed by atoms with Gasteiger partial charge in [0.2, 0.25) is 0 Å². The molecule has 0 bridgehead atoms. The van der Waals surface area contributed by atoms with E-state index in [1.165, 1.54) is 23.0 Å². The van der Waals surface area contributed by atoms with Gasteiger partial charge >= 0.3 is 6.18 Å². The summed E-state index contributed by atoms with van der Waals surface area (Å²) in [5.74, 6) is -1.11. The molecule has 3 aromatic heterocycles. The van der Waals surface area contributed by atoms with Gasteiger partial charge in [0.1, 0.15) is 0 Å². The lowest BCUT2D eigenvalue weighted by Gasteiger charge is -2.11. The number of fused-ring (bicyclic) bond motifs is 1. The predicted molar refractivity (Wildman–Crippen MR) is 131 cm³/mol. The molecule has 0 radical (unpaired) electrons. The number of aryl methyl sites for hydroxylation is 1. The second kappa shape index (κ2) is 10.2. The second-order valence-corrected chi connectivity index (χ2v) is 9.07. The Morgan fingerprint density at radius 1 is 1.08 bits per heavy atom. The van der Waals surface area contributed by atoms with Crippen LogP contribution in [0.3, 0.4) is 0 Å². The van der Waals surface area contributed by atoms with Crippen molar-refractivity contribution in [3.8, 4) is 11.3 Å². The van der Waals surface area contributed by atoms with E-state index in [0.29, 0.717) is 28.2 Å². The highest BCUT2D eigenvalue weighted by molar-refractivity contribution is 6.30. The number of rotatable bonds is 7. The van der Waals surface area contributed by atoms with Gasteiger partial charge in [0.15, 0.2) is 22.7 Å². The minimum atomic E-state index is -4.77. The molecule has 0 unspecified atom stereocenters. The van der Waals surface area contributed by atoms with Gasteiger partial charge < -0.3 is 10.6 Å². The zero-order chi connectivity index (χ0) is 26.9. The molecule has 0 fully saturated rings. The Hall–Kier alpha value is -3.93. The third-order valence-electron chi connectivity index (χ3n) is 5.31. The summed E-state index contributed by atoms with van der Waals surface area (Å²) in [7, 11) is 0. The van der Waals surface area contributed by atoms with Gasteiger partial charge in [-0.05, 0) is 31.0 Å².